The van der Waals surface area contributed by atoms with Crippen molar-refractivity contribution < 1.29 is 18.3 Å². The van der Waals surface area contributed by atoms with Crippen molar-refractivity contribution in [2.24, 2.45) is 12.8 Å². The maximum Gasteiger partial charge on any atom is 0.277 e. The topological polar surface area (TPSA) is 121 Å². The van der Waals surface area contributed by atoms with Gasteiger partial charge in [-0.25, -0.2) is 13.8 Å². The molecule has 1 aromatic carbocycles. The lowest BCUT2D eigenvalue weighted by Gasteiger charge is -2.37. The first-order valence-electron chi connectivity index (χ1n) is 10.3. The summed E-state index contributed by atoms with van der Waals surface area (Å²) in [4.78, 5) is 17.1. The van der Waals surface area contributed by atoms with Crippen molar-refractivity contribution in [3.63, 3.8) is 0 Å². The van der Waals surface area contributed by atoms with Crippen LogP contribution in [-0.4, -0.2) is 32.8 Å². The summed E-state index contributed by atoms with van der Waals surface area (Å²) in [5.41, 5.74) is 12.4. The van der Waals surface area contributed by atoms with Gasteiger partial charge in [0.25, 0.3) is 5.91 Å². The quantitative estimate of drug-likeness (QED) is 0.550. The molecule has 0 saturated carbocycles. The molecule has 3 atom stereocenters. The van der Waals surface area contributed by atoms with Gasteiger partial charge in [-0.05, 0) is 37.8 Å². The fraction of sp³-hybridized carbons (Fsp3) is 0.381. The largest absolute Gasteiger partial charge is 0.389 e. The van der Waals surface area contributed by atoms with Crippen molar-refractivity contribution in [2.75, 3.05) is 11.1 Å². The Morgan fingerprint density at radius 3 is 2.78 bits per heavy atom. The first-order valence-corrected chi connectivity index (χ1v) is 11.1. The molecule has 2 fully saturated rings. The van der Waals surface area contributed by atoms with Gasteiger partial charge in [-0.3, -0.25) is 9.48 Å². The van der Waals surface area contributed by atoms with Gasteiger partial charge in [0.2, 0.25) is 0 Å². The molecule has 4 heterocycles. The fourth-order valence-corrected chi connectivity index (χ4v) is 5.58. The number of nitrogens with zero attached hydrogens (tertiary/aromatic N) is 3. The molecule has 5 N–H and O–H groups in total. The SMILES string of the molecule is Cn1ncc(NC(=O)c2nc(-c3c(F)cccc3F)sc2N)c1[C@]12CC[C@@H](N)[C@H](CC1)O2. The minimum Gasteiger partial charge on any atom is -0.389 e. The Morgan fingerprint density at radius 2 is 2.03 bits per heavy atom. The zero-order chi connectivity index (χ0) is 22.6. The minimum absolute atomic E-state index is 0.00325. The number of thiazole rings is 1. The number of halogens is 2. The van der Waals surface area contributed by atoms with Crippen LogP contribution in [0.4, 0.5) is 19.5 Å². The number of anilines is 2. The lowest BCUT2D eigenvalue weighted by atomic mass is 9.89. The average molecular weight is 461 g/mol. The molecule has 0 radical (unpaired) electrons. The summed E-state index contributed by atoms with van der Waals surface area (Å²) < 4.78 is 36.3. The number of nitrogens with two attached hydrogens (primary N) is 2. The Kier molecular flexibility index (Phi) is 4.99. The van der Waals surface area contributed by atoms with Crippen molar-refractivity contribution in [1.82, 2.24) is 14.8 Å². The standard InChI is InChI=1S/C21H22F2N6O2S/c1-29-17(21-7-5-12(24)14(31-21)6-8-21)13(9-26-29)27-19(30)16-18(25)32-20(28-16)15-10(22)3-2-4-11(15)23/h2-4,9,12,14H,5-8,24-25H2,1H3,(H,27,30)/t12-,14+,21+/m1/s1. The number of carbonyl (C=O) groups is 1. The van der Waals surface area contributed by atoms with E-state index in [1.54, 1.807) is 17.9 Å². The van der Waals surface area contributed by atoms with Gasteiger partial charge < -0.3 is 21.5 Å². The molecule has 2 bridgehead atoms. The zero-order valence-electron chi connectivity index (χ0n) is 17.3. The van der Waals surface area contributed by atoms with Crippen molar-refractivity contribution in [2.45, 2.75) is 43.4 Å². The number of aromatic nitrogens is 3. The molecule has 2 aliphatic heterocycles. The van der Waals surface area contributed by atoms with E-state index in [1.165, 1.54) is 6.07 Å². The molecule has 0 spiro atoms. The first-order chi connectivity index (χ1) is 15.3. The first kappa shape index (κ1) is 21.0. The number of hydrogen-bond donors (Lipinski definition) is 3. The van der Waals surface area contributed by atoms with E-state index in [1.807, 2.05) is 0 Å². The van der Waals surface area contributed by atoms with Gasteiger partial charge in [0.1, 0.15) is 27.2 Å². The molecule has 11 heteroatoms. The second kappa shape index (κ2) is 7.61. The molecule has 2 aromatic heterocycles. The van der Waals surface area contributed by atoms with Crippen molar-refractivity contribution in [1.29, 1.82) is 0 Å². The van der Waals surface area contributed by atoms with Crippen molar-refractivity contribution in [3.8, 4) is 10.6 Å². The number of hydrogen-bond acceptors (Lipinski definition) is 7. The molecule has 0 aliphatic carbocycles. The predicted molar refractivity (Wildman–Crippen MR) is 116 cm³/mol. The van der Waals surface area contributed by atoms with Gasteiger partial charge in [-0.2, -0.15) is 5.10 Å². The van der Waals surface area contributed by atoms with Gasteiger partial charge in [0, 0.05) is 13.1 Å². The van der Waals surface area contributed by atoms with Gasteiger partial charge in [0.15, 0.2) is 5.69 Å². The molecule has 2 saturated heterocycles. The van der Waals surface area contributed by atoms with Gasteiger partial charge in [-0.1, -0.05) is 17.4 Å². The van der Waals surface area contributed by atoms with Crippen LogP contribution >= 0.6 is 11.3 Å². The van der Waals surface area contributed by atoms with E-state index < -0.39 is 23.1 Å². The molecule has 0 unspecified atom stereocenters. The fourth-order valence-electron chi connectivity index (χ4n) is 4.70. The maximum absolute atomic E-state index is 14.2. The third kappa shape index (κ3) is 3.28. The highest BCUT2D eigenvalue weighted by molar-refractivity contribution is 7.19. The third-order valence-corrected chi connectivity index (χ3v) is 7.13. The van der Waals surface area contributed by atoms with E-state index >= 15 is 0 Å². The van der Waals surface area contributed by atoms with Crippen LogP contribution in [0.25, 0.3) is 10.6 Å². The van der Waals surface area contributed by atoms with Crippen molar-refractivity contribution >= 4 is 27.9 Å². The number of aryl methyl sites for hydroxylation is 1. The molecule has 2 aliphatic rings. The number of nitrogens with one attached hydrogen (secondary N) is 1. The Balaban J connectivity index is 1.45. The number of ether oxygens (including phenoxy) is 1. The number of fused-ring (bicyclic) bond motifs is 2. The van der Waals surface area contributed by atoms with Crippen LogP contribution in [0, 0.1) is 11.6 Å². The highest BCUT2D eigenvalue weighted by Gasteiger charge is 2.50. The number of amides is 1. The molecule has 5 rings (SSSR count). The highest BCUT2D eigenvalue weighted by Crippen LogP contribution is 2.49. The highest BCUT2D eigenvalue weighted by atomic mass is 32.1. The third-order valence-electron chi connectivity index (χ3n) is 6.23. The number of rotatable bonds is 4. The zero-order valence-corrected chi connectivity index (χ0v) is 18.1. The predicted octanol–water partition coefficient (Wildman–Crippen LogP) is 3.15. The average Bonchev–Trinajstić information content (AvgIpc) is 3.42. The summed E-state index contributed by atoms with van der Waals surface area (Å²) in [6, 6.07) is 3.52. The smallest absolute Gasteiger partial charge is 0.277 e. The van der Waals surface area contributed by atoms with Gasteiger partial charge in [-0.15, -0.1) is 0 Å². The second-order valence-corrected chi connectivity index (χ2v) is 9.24. The van der Waals surface area contributed by atoms with E-state index in [-0.39, 0.29) is 33.4 Å². The summed E-state index contributed by atoms with van der Waals surface area (Å²) >= 11 is 0.849. The molecule has 168 valence electrons. The Hall–Kier alpha value is -2.89. The Morgan fingerprint density at radius 1 is 1.31 bits per heavy atom. The molecule has 1 amide bonds. The van der Waals surface area contributed by atoms with Crippen LogP contribution in [0.5, 0.6) is 0 Å². The van der Waals surface area contributed by atoms with E-state index in [4.69, 9.17) is 16.2 Å². The number of nitrogen functional groups attached to an aromatic ring is 1. The van der Waals surface area contributed by atoms with E-state index in [2.05, 4.69) is 15.4 Å². The Bertz CT molecular complexity index is 1190. The number of carbonyl (C=O) groups excluding carboxylic acids is 1. The summed E-state index contributed by atoms with van der Waals surface area (Å²) in [5.74, 6) is -2.14. The maximum atomic E-state index is 14.2. The van der Waals surface area contributed by atoms with E-state index in [0.29, 0.717) is 5.69 Å². The van der Waals surface area contributed by atoms with Gasteiger partial charge >= 0.3 is 0 Å². The summed E-state index contributed by atoms with van der Waals surface area (Å²) in [7, 11) is 1.79. The van der Waals surface area contributed by atoms with E-state index in [0.717, 1.165) is 54.8 Å². The van der Waals surface area contributed by atoms with Crippen LogP contribution < -0.4 is 16.8 Å². The molecule has 32 heavy (non-hydrogen) atoms. The lowest BCUT2D eigenvalue weighted by Crippen LogP contribution is -2.43. The normalized spacial score (nSPS) is 24.6. The number of benzene rings is 1. The van der Waals surface area contributed by atoms with Crippen molar-refractivity contribution in [3.05, 3.63) is 47.4 Å². The molecule has 8 nitrogen and oxygen atoms in total. The molecular formula is C21H22F2N6O2S. The van der Waals surface area contributed by atoms with E-state index in [9.17, 15) is 13.6 Å². The van der Waals surface area contributed by atoms with Crippen LogP contribution in [-0.2, 0) is 17.4 Å². The molecule has 3 aromatic rings. The monoisotopic (exact) mass is 460 g/mol. The summed E-state index contributed by atoms with van der Waals surface area (Å²) in [6.07, 6.45) is 4.70. The van der Waals surface area contributed by atoms with Crippen LogP contribution in [0.3, 0.4) is 0 Å². The second-order valence-electron chi connectivity index (χ2n) is 8.20. The minimum atomic E-state index is -0.775. The lowest BCUT2D eigenvalue weighted by molar-refractivity contribution is -0.0941. The van der Waals surface area contributed by atoms with Crippen LogP contribution in [0.2, 0.25) is 0 Å². The van der Waals surface area contributed by atoms with Crippen LogP contribution in [0.15, 0.2) is 24.4 Å². The molecular weight excluding hydrogens is 438 g/mol. The summed E-state index contributed by atoms with van der Waals surface area (Å²) in [6.45, 7) is 0. The summed E-state index contributed by atoms with van der Waals surface area (Å²) in [5, 5.41) is 7.18. The Labute approximate surface area is 186 Å². The van der Waals surface area contributed by atoms with Crippen LogP contribution in [0.1, 0.15) is 41.9 Å². The van der Waals surface area contributed by atoms with Gasteiger partial charge in [0.05, 0.1) is 29.2 Å².